The van der Waals surface area contributed by atoms with Gasteiger partial charge in [0.25, 0.3) is 0 Å². The molecule has 0 bridgehead atoms. The zero-order valence-corrected chi connectivity index (χ0v) is 24.1. The quantitative estimate of drug-likeness (QED) is 0.207. The summed E-state index contributed by atoms with van der Waals surface area (Å²) in [5, 5.41) is 21.2. The first-order valence-corrected chi connectivity index (χ1v) is 14.8. The lowest BCUT2D eigenvalue weighted by Crippen LogP contribution is -2.46. The number of para-hydroxylation sites is 1. The number of hydrogen-bond acceptors (Lipinski definition) is 5. The van der Waals surface area contributed by atoms with Crippen LogP contribution in [0.1, 0.15) is 57.9 Å². The average Bonchev–Trinajstić information content (AvgIpc) is 3.18. The minimum atomic E-state index is -0.984. The van der Waals surface area contributed by atoms with Crippen molar-refractivity contribution in [3.05, 3.63) is 75.3 Å². The molecule has 2 aromatic carbocycles. The highest BCUT2D eigenvalue weighted by Crippen LogP contribution is 2.51. The Bertz CT molecular complexity index is 1310. The van der Waals surface area contributed by atoms with Gasteiger partial charge in [0, 0.05) is 10.0 Å². The average molecular weight is 592 g/mol. The summed E-state index contributed by atoms with van der Waals surface area (Å²) in [5.74, 6) is -1.17. The monoisotopic (exact) mass is 591 g/mol. The van der Waals surface area contributed by atoms with Crippen LogP contribution in [0.2, 0.25) is 6.32 Å². The molecule has 5 rings (SSSR count). The summed E-state index contributed by atoms with van der Waals surface area (Å²) >= 11 is 3.49. The third kappa shape index (κ3) is 5.52. The predicted octanol–water partition coefficient (Wildman–Crippen LogP) is 6.53. The maximum Gasteiger partial charge on any atom is 0.455 e. The number of hydrogen-bond donors (Lipinski definition) is 2. The van der Waals surface area contributed by atoms with E-state index in [0.29, 0.717) is 24.8 Å². The summed E-state index contributed by atoms with van der Waals surface area (Å²) in [4.78, 5) is 28.6. The molecule has 6 nitrogen and oxygen atoms in total. The van der Waals surface area contributed by atoms with Crippen LogP contribution in [-0.4, -0.2) is 35.2 Å². The Morgan fingerprint density at radius 2 is 1.87 bits per heavy atom. The molecule has 2 aromatic rings. The van der Waals surface area contributed by atoms with E-state index < -0.39 is 19.0 Å². The highest BCUT2D eigenvalue weighted by Gasteiger charge is 2.57. The molecule has 0 unspecified atom stereocenters. The number of aromatic hydroxyl groups is 1. The largest absolute Gasteiger partial charge is 0.507 e. The predicted molar refractivity (Wildman–Crippen MR) is 157 cm³/mol. The first-order valence-electron chi connectivity index (χ1n) is 14.0. The lowest BCUT2D eigenvalue weighted by molar-refractivity contribution is -0.122. The van der Waals surface area contributed by atoms with Crippen molar-refractivity contribution < 1.29 is 24.4 Å². The summed E-state index contributed by atoms with van der Waals surface area (Å²) in [6.45, 7) is 4.22. The van der Waals surface area contributed by atoms with Crippen molar-refractivity contribution in [2.24, 2.45) is 17.8 Å². The van der Waals surface area contributed by atoms with Gasteiger partial charge in [-0.1, -0.05) is 71.6 Å². The summed E-state index contributed by atoms with van der Waals surface area (Å²) in [7, 11) is -0.984. The molecule has 3 aliphatic rings. The van der Waals surface area contributed by atoms with Crippen LogP contribution in [0.3, 0.4) is 0 Å². The number of nitrogens with zero attached hydrogens (tertiary/aromatic N) is 1. The van der Waals surface area contributed by atoms with Crippen LogP contribution in [0.25, 0.3) is 6.08 Å². The van der Waals surface area contributed by atoms with E-state index in [1.54, 1.807) is 18.2 Å². The minimum absolute atomic E-state index is 0.138. The molecule has 2 N–H and O–H groups in total. The minimum Gasteiger partial charge on any atom is -0.507 e. The van der Waals surface area contributed by atoms with Gasteiger partial charge in [-0.25, -0.2) is 0 Å². The fourth-order valence-corrected chi connectivity index (χ4v) is 7.08. The Labute approximate surface area is 239 Å². The van der Waals surface area contributed by atoms with Gasteiger partial charge in [-0.05, 0) is 80.2 Å². The smallest absolute Gasteiger partial charge is 0.455 e. The highest BCUT2D eigenvalue weighted by atomic mass is 79.9. The molecule has 2 heterocycles. The number of halogens is 1. The van der Waals surface area contributed by atoms with Crippen LogP contribution in [0.15, 0.2) is 69.7 Å². The number of benzene rings is 2. The number of carbonyl (C=O) groups is 2. The second-order valence-electron chi connectivity index (χ2n) is 10.8. The molecule has 2 aliphatic heterocycles. The van der Waals surface area contributed by atoms with Gasteiger partial charge in [0.2, 0.25) is 11.8 Å². The van der Waals surface area contributed by atoms with E-state index >= 15 is 0 Å². The molecule has 0 radical (unpaired) electrons. The third-order valence-electron chi connectivity index (χ3n) is 8.40. The first kappa shape index (κ1) is 27.9. The van der Waals surface area contributed by atoms with Gasteiger partial charge in [-0.15, -0.1) is 0 Å². The fourth-order valence-electron chi connectivity index (χ4n) is 6.70. The Morgan fingerprint density at radius 1 is 1.10 bits per heavy atom. The van der Waals surface area contributed by atoms with E-state index in [1.165, 1.54) is 16.0 Å². The zero-order valence-electron chi connectivity index (χ0n) is 22.5. The molecular formula is C31H35BBrNO5. The number of amides is 2. The van der Waals surface area contributed by atoms with Crippen molar-refractivity contribution in [2.45, 2.75) is 64.8 Å². The van der Waals surface area contributed by atoms with Crippen molar-refractivity contribution >= 4 is 46.6 Å². The lowest BCUT2D eigenvalue weighted by atomic mass is 9.58. The standard InChI is InChI=1S/C31H35BBrNO5/c1-3-8-19(15-21-16-22(33)12-13-26(21)35)11-14-27-28-20(4-2)17-24-29(25(28)18-32(38)39-27)31(37)34(30(24)36)23-9-6-5-7-10-23/h5-7,9-10,12-13,15-16,24-25,27,29,35,38H,3-4,8,11,14,17-18H2,1-2H3/b19-15+/t24-,25+,27-,29-/m1/s1. The number of rotatable bonds is 8. The summed E-state index contributed by atoms with van der Waals surface area (Å²) < 4.78 is 7.04. The maximum atomic E-state index is 13.8. The number of carbonyl (C=O) groups excluding carboxylic acids is 2. The van der Waals surface area contributed by atoms with Gasteiger partial charge >= 0.3 is 7.12 Å². The molecule has 8 heteroatoms. The molecular weight excluding hydrogens is 557 g/mol. The maximum absolute atomic E-state index is 13.8. The number of anilines is 1. The Morgan fingerprint density at radius 3 is 2.59 bits per heavy atom. The van der Waals surface area contributed by atoms with Crippen molar-refractivity contribution in [1.82, 2.24) is 0 Å². The van der Waals surface area contributed by atoms with E-state index in [2.05, 4.69) is 29.8 Å². The molecule has 0 aromatic heterocycles. The van der Waals surface area contributed by atoms with Gasteiger partial charge in [-0.3, -0.25) is 14.5 Å². The van der Waals surface area contributed by atoms with E-state index in [9.17, 15) is 19.7 Å². The fraction of sp³-hybridized carbons (Fsp3) is 0.419. The van der Waals surface area contributed by atoms with Crippen LogP contribution in [-0.2, 0) is 14.2 Å². The Balaban J connectivity index is 1.43. The molecule has 204 valence electrons. The third-order valence-corrected chi connectivity index (χ3v) is 8.89. The van der Waals surface area contributed by atoms with Crippen LogP contribution in [0, 0.1) is 17.8 Å². The topological polar surface area (TPSA) is 87.1 Å². The van der Waals surface area contributed by atoms with E-state index in [-0.39, 0.29) is 29.6 Å². The lowest BCUT2D eigenvalue weighted by Gasteiger charge is -2.43. The van der Waals surface area contributed by atoms with Gasteiger partial charge in [0.1, 0.15) is 5.75 Å². The molecule has 0 saturated carbocycles. The number of fused-ring (bicyclic) bond motifs is 3. The molecule has 1 aliphatic carbocycles. The highest BCUT2D eigenvalue weighted by molar-refractivity contribution is 9.10. The SMILES string of the molecule is CCC/C(=C\c1cc(Br)ccc1O)CC[C@H]1OB(O)C[C@H]2C1=C(CC)C[C@H]1C(=O)N(c3ccccc3)C(=O)[C@H]12. The number of imide groups is 1. The van der Waals surface area contributed by atoms with Crippen LogP contribution >= 0.6 is 15.9 Å². The first-order chi connectivity index (χ1) is 18.8. The van der Waals surface area contributed by atoms with Crippen molar-refractivity contribution in [1.29, 1.82) is 0 Å². The van der Waals surface area contributed by atoms with E-state index in [0.717, 1.165) is 41.3 Å². The summed E-state index contributed by atoms with van der Waals surface area (Å²) in [6, 6.07) is 14.5. The number of allylic oxidation sites excluding steroid dienone is 2. The molecule has 2 fully saturated rings. The van der Waals surface area contributed by atoms with E-state index in [1.807, 2.05) is 36.4 Å². The molecule has 4 atom stereocenters. The van der Waals surface area contributed by atoms with Gasteiger partial charge in [-0.2, -0.15) is 0 Å². The van der Waals surface area contributed by atoms with Gasteiger partial charge < -0.3 is 14.8 Å². The van der Waals surface area contributed by atoms with Crippen LogP contribution in [0.4, 0.5) is 5.69 Å². The molecule has 0 spiro atoms. The van der Waals surface area contributed by atoms with Crippen molar-refractivity contribution in [2.75, 3.05) is 4.90 Å². The summed E-state index contributed by atoms with van der Waals surface area (Å²) in [6.07, 6.45) is 6.63. The summed E-state index contributed by atoms with van der Waals surface area (Å²) in [5.41, 5.74) is 4.86. The Hall–Kier alpha value is -2.68. The number of phenols is 1. The van der Waals surface area contributed by atoms with Crippen LogP contribution < -0.4 is 4.90 Å². The molecule has 2 amide bonds. The van der Waals surface area contributed by atoms with Gasteiger partial charge in [0.05, 0.1) is 23.6 Å². The second-order valence-corrected chi connectivity index (χ2v) is 11.7. The van der Waals surface area contributed by atoms with Gasteiger partial charge in [0.15, 0.2) is 0 Å². The van der Waals surface area contributed by atoms with Crippen LogP contribution in [0.5, 0.6) is 5.75 Å². The molecule has 2 saturated heterocycles. The second kappa shape index (κ2) is 11.8. The van der Waals surface area contributed by atoms with Crippen molar-refractivity contribution in [3.63, 3.8) is 0 Å². The van der Waals surface area contributed by atoms with E-state index in [4.69, 9.17) is 4.65 Å². The Kier molecular flexibility index (Phi) is 8.45. The number of phenolic OH excluding ortho intramolecular Hbond substituents is 1. The zero-order chi connectivity index (χ0) is 27.7. The normalized spacial score (nSPS) is 25.3. The van der Waals surface area contributed by atoms with Crippen molar-refractivity contribution in [3.8, 4) is 5.75 Å². The molecule has 39 heavy (non-hydrogen) atoms.